The van der Waals surface area contributed by atoms with Crippen molar-refractivity contribution in [3.05, 3.63) is 24.3 Å². The highest BCUT2D eigenvalue weighted by atomic mass is 16.6. The Bertz CT molecular complexity index is 193. The molecule has 1 aliphatic carbocycles. The number of epoxide rings is 1. The average molecular weight is 164 g/mol. The van der Waals surface area contributed by atoms with E-state index in [0.717, 1.165) is 6.42 Å². The van der Waals surface area contributed by atoms with Gasteiger partial charge in [0, 0.05) is 0 Å². The lowest BCUT2D eigenvalue weighted by molar-refractivity contribution is 0.364. The smallest absolute Gasteiger partial charge is 0.0876 e. The van der Waals surface area contributed by atoms with Crippen LogP contribution in [0.3, 0.4) is 0 Å². The van der Waals surface area contributed by atoms with Crippen LogP contribution in [0, 0.1) is 0 Å². The van der Waals surface area contributed by atoms with Gasteiger partial charge < -0.3 is 4.74 Å². The first kappa shape index (κ1) is 8.06. The number of rotatable bonds is 0. The Morgan fingerprint density at radius 1 is 0.833 bits per heavy atom. The molecule has 0 spiro atoms. The summed E-state index contributed by atoms with van der Waals surface area (Å²) in [6, 6.07) is 0. The Morgan fingerprint density at radius 2 is 1.58 bits per heavy atom. The molecule has 2 rings (SSSR count). The second kappa shape index (κ2) is 3.90. The van der Waals surface area contributed by atoms with E-state index in [4.69, 9.17) is 4.74 Å². The lowest BCUT2D eigenvalue weighted by Crippen LogP contribution is -1.91. The van der Waals surface area contributed by atoms with Crippen molar-refractivity contribution < 1.29 is 4.74 Å². The third kappa shape index (κ3) is 2.21. The maximum absolute atomic E-state index is 5.50. The molecule has 1 heterocycles. The van der Waals surface area contributed by atoms with Crippen LogP contribution in [0.2, 0.25) is 0 Å². The molecule has 0 aromatic heterocycles. The first-order chi connectivity index (χ1) is 5.97. The molecule has 2 atom stereocenters. The molecule has 1 nitrogen and oxygen atoms in total. The van der Waals surface area contributed by atoms with Crippen LogP contribution in [0.15, 0.2) is 24.3 Å². The minimum Gasteiger partial charge on any atom is -0.369 e. The van der Waals surface area contributed by atoms with Crippen molar-refractivity contribution in [3.8, 4) is 0 Å². The lowest BCUT2D eigenvalue weighted by atomic mass is 10.1. The quantitative estimate of drug-likeness (QED) is 0.396. The molecule has 0 aromatic carbocycles. The number of hydrogen-bond acceptors (Lipinski definition) is 1. The molecule has 1 heteroatoms. The third-order valence-corrected chi connectivity index (χ3v) is 2.51. The van der Waals surface area contributed by atoms with Crippen LogP contribution in [0.5, 0.6) is 0 Å². The second-order valence-electron chi connectivity index (χ2n) is 3.55. The summed E-state index contributed by atoms with van der Waals surface area (Å²) in [7, 11) is 0. The van der Waals surface area contributed by atoms with E-state index in [1.807, 2.05) is 0 Å². The fourth-order valence-electron chi connectivity index (χ4n) is 1.68. The fraction of sp³-hybridized carbons (Fsp3) is 0.636. The predicted octanol–water partition coefficient (Wildman–Crippen LogP) is 2.83. The van der Waals surface area contributed by atoms with Gasteiger partial charge in [0.25, 0.3) is 0 Å². The molecule has 0 N–H and O–H groups in total. The Hall–Kier alpha value is -0.560. The first-order valence-electron chi connectivity index (χ1n) is 4.92. The SMILES string of the molecule is C1=C\CCC2OC2C/C=C\CC/1. The molecule has 2 aliphatic rings. The van der Waals surface area contributed by atoms with Gasteiger partial charge >= 0.3 is 0 Å². The lowest BCUT2D eigenvalue weighted by Gasteiger charge is -1.88. The Balaban J connectivity index is 1.85. The molecule has 0 amide bonds. The van der Waals surface area contributed by atoms with Crippen molar-refractivity contribution in [3.63, 3.8) is 0 Å². The first-order valence-corrected chi connectivity index (χ1v) is 4.92. The maximum Gasteiger partial charge on any atom is 0.0876 e. The number of allylic oxidation sites excluding steroid dienone is 3. The molecule has 0 bridgehead atoms. The number of fused-ring (bicyclic) bond motifs is 1. The maximum atomic E-state index is 5.50. The summed E-state index contributed by atoms with van der Waals surface area (Å²) < 4.78 is 5.50. The topological polar surface area (TPSA) is 12.5 Å². The van der Waals surface area contributed by atoms with Gasteiger partial charge in [0.15, 0.2) is 0 Å². The van der Waals surface area contributed by atoms with Gasteiger partial charge in [-0.2, -0.15) is 0 Å². The average Bonchev–Trinajstić information content (AvgIpc) is 2.78. The highest BCUT2D eigenvalue weighted by Crippen LogP contribution is 2.30. The number of hydrogen-bond donors (Lipinski definition) is 0. The van der Waals surface area contributed by atoms with Crippen molar-refractivity contribution in [2.45, 2.75) is 44.3 Å². The van der Waals surface area contributed by atoms with Gasteiger partial charge in [0.2, 0.25) is 0 Å². The van der Waals surface area contributed by atoms with Gasteiger partial charge in [-0.3, -0.25) is 0 Å². The van der Waals surface area contributed by atoms with E-state index in [1.165, 1.54) is 25.7 Å². The van der Waals surface area contributed by atoms with Gasteiger partial charge in [-0.15, -0.1) is 0 Å². The molecule has 66 valence electrons. The van der Waals surface area contributed by atoms with Gasteiger partial charge in [-0.05, 0) is 32.1 Å². The fourth-order valence-corrected chi connectivity index (χ4v) is 1.68. The normalized spacial score (nSPS) is 40.7. The Labute approximate surface area is 74.1 Å². The van der Waals surface area contributed by atoms with Crippen LogP contribution in [-0.2, 0) is 4.74 Å². The van der Waals surface area contributed by atoms with Crippen molar-refractivity contribution >= 4 is 0 Å². The van der Waals surface area contributed by atoms with Crippen molar-refractivity contribution in [2.24, 2.45) is 0 Å². The molecule has 0 saturated carbocycles. The predicted molar refractivity (Wildman–Crippen MR) is 50.0 cm³/mol. The zero-order valence-corrected chi connectivity index (χ0v) is 7.41. The molecule has 1 saturated heterocycles. The van der Waals surface area contributed by atoms with E-state index in [0.29, 0.717) is 12.2 Å². The van der Waals surface area contributed by atoms with Gasteiger partial charge in [-0.1, -0.05) is 24.3 Å². The number of ether oxygens (including phenoxy) is 1. The summed E-state index contributed by atoms with van der Waals surface area (Å²) in [6.07, 6.45) is 16.2. The van der Waals surface area contributed by atoms with E-state index >= 15 is 0 Å². The summed E-state index contributed by atoms with van der Waals surface area (Å²) >= 11 is 0. The van der Waals surface area contributed by atoms with Crippen LogP contribution in [0.4, 0.5) is 0 Å². The second-order valence-corrected chi connectivity index (χ2v) is 3.55. The zero-order chi connectivity index (χ0) is 8.23. The van der Waals surface area contributed by atoms with Crippen molar-refractivity contribution in [1.29, 1.82) is 0 Å². The van der Waals surface area contributed by atoms with Crippen molar-refractivity contribution in [2.75, 3.05) is 0 Å². The third-order valence-electron chi connectivity index (χ3n) is 2.51. The summed E-state index contributed by atoms with van der Waals surface area (Å²) in [4.78, 5) is 0. The standard InChI is InChI=1S/C11H16O/c1-2-4-6-8-10-11(12-10)9-7-5-3-1/h2,4-5,7,10-11H,1,3,6,8-9H2/b4-2-,7-5-. The highest BCUT2D eigenvalue weighted by molar-refractivity contribution is 4.97. The van der Waals surface area contributed by atoms with Crippen molar-refractivity contribution in [1.82, 2.24) is 0 Å². The van der Waals surface area contributed by atoms with E-state index < -0.39 is 0 Å². The summed E-state index contributed by atoms with van der Waals surface area (Å²) in [6.45, 7) is 0. The molecule has 1 aliphatic heterocycles. The molecule has 0 aromatic rings. The molecule has 12 heavy (non-hydrogen) atoms. The summed E-state index contributed by atoms with van der Waals surface area (Å²) in [5, 5.41) is 0. The van der Waals surface area contributed by atoms with E-state index in [1.54, 1.807) is 0 Å². The zero-order valence-electron chi connectivity index (χ0n) is 7.41. The van der Waals surface area contributed by atoms with E-state index in [-0.39, 0.29) is 0 Å². The Morgan fingerprint density at radius 3 is 2.50 bits per heavy atom. The summed E-state index contributed by atoms with van der Waals surface area (Å²) in [5.74, 6) is 0. The molecule has 0 radical (unpaired) electrons. The molecule has 1 fully saturated rings. The largest absolute Gasteiger partial charge is 0.369 e. The van der Waals surface area contributed by atoms with E-state index in [2.05, 4.69) is 24.3 Å². The van der Waals surface area contributed by atoms with Crippen LogP contribution >= 0.6 is 0 Å². The van der Waals surface area contributed by atoms with Crippen LogP contribution in [0.1, 0.15) is 32.1 Å². The Kier molecular flexibility index (Phi) is 2.62. The molecular weight excluding hydrogens is 148 g/mol. The van der Waals surface area contributed by atoms with Crippen LogP contribution in [0.25, 0.3) is 0 Å². The summed E-state index contributed by atoms with van der Waals surface area (Å²) in [5.41, 5.74) is 0. The molecular formula is C11H16O. The van der Waals surface area contributed by atoms with Crippen LogP contribution < -0.4 is 0 Å². The molecule has 2 unspecified atom stereocenters. The highest BCUT2D eigenvalue weighted by Gasteiger charge is 2.36. The minimum absolute atomic E-state index is 0.549. The van der Waals surface area contributed by atoms with Gasteiger partial charge in [-0.25, -0.2) is 0 Å². The van der Waals surface area contributed by atoms with Crippen LogP contribution in [-0.4, -0.2) is 12.2 Å². The monoisotopic (exact) mass is 164 g/mol. The van der Waals surface area contributed by atoms with Gasteiger partial charge in [0.05, 0.1) is 12.2 Å². The van der Waals surface area contributed by atoms with Gasteiger partial charge in [0.1, 0.15) is 0 Å². The van der Waals surface area contributed by atoms with E-state index in [9.17, 15) is 0 Å². The minimum atomic E-state index is 0.549.